The van der Waals surface area contributed by atoms with Gasteiger partial charge in [-0.05, 0) is 55.2 Å². The van der Waals surface area contributed by atoms with Crippen LogP contribution in [0.1, 0.15) is 30.9 Å². The Morgan fingerprint density at radius 1 is 0.732 bits per heavy atom. The fourth-order valence-electron chi connectivity index (χ4n) is 3.78. The van der Waals surface area contributed by atoms with Gasteiger partial charge in [0.1, 0.15) is 29.6 Å². The van der Waals surface area contributed by atoms with Gasteiger partial charge in [-0.15, -0.1) is 0 Å². The normalized spacial score (nSPS) is 14.5. The number of amides is 3. The van der Waals surface area contributed by atoms with Crippen molar-refractivity contribution in [2.45, 2.75) is 62.9 Å². The van der Waals surface area contributed by atoms with E-state index in [1.807, 2.05) is 0 Å². The number of carboxylic acids is 2. The average molecular weight is 575 g/mol. The Kier molecular flexibility index (Phi) is 12.0. The number of hydrogen-bond donors (Lipinski definition) is 9. The molecule has 0 saturated heterocycles. The first-order valence-corrected chi connectivity index (χ1v) is 12.6. The molecule has 0 radical (unpaired) electrons. The van der Waals surface area contributed by atoms with Crippen LogP contribution >= 0.6 is 0 Å². The van der Waals surface area contributed by atoms with Crippen LogP contribution < -0.4 is 21.7 Å². The number of nitrogens with two attached hydrogens (primary N) is 1. The number of carbonyl (C=O) groups is 5. The van der Waals surface area contributed by atoms with Crippen molar-refractivity contribution >= 4 is 29.7 Å². The molecule has 0 spiro atoms. The van der Waals surface area contributed by atoms with Crippen molar-refractivity contribution in [3.8, 4) is 11.5 Å². The van der Waals surface area contributed by atoms with Crippen LogP contribution in [-0.4, -0.2) is 85.5 Å². The van der Waals surface area contributed by atoms with Gasteiger partial charge in [-0.3, -0.25) is 19.2 Å². The van der Waals surface area contributed by atoms with Crippen LogP contribution in [0.4, 0.5) is 0 Å². The Hall–Kier alpha value is -4.69. The molecule has 5 atom stereocenters. The van der Waals surface area contributed by atoms with Crippen molar-refractivity contribution in [3.63, 3.8) is 0 Å². The lowest BCUT2D eigenvalue weighted by atomic mass is 10.0. The van der Waals surface area contributed by atoms with Crippen LogP contribution in [0.2, 0.25) is 0 Å². The first-order valence-electron chi connectivity index (χ1n) is 12.6. The third kappa shape index (κ3) is 10.8. The molecule has 0 aromatic heterocycles. The van der Waals surface area contributed by atoms with Gasteiger partial charge in [0.05, 0.1) is 12.1 Å². The molecule has 0 fully saturated rings. The highest BCUT2D eigenvalue weighted by molar-refractivity contribution is 5.94. The Bertz CT molecular complexity index is 1220. The fraction of sp³-hybridized carbons (Fsp3) is 0.370. The number of nitrogens with one attached hydrogen (secondary N) is 3. The second-order valence-electron chi connectivity index (χ2n) is 9.47. The Morgan fingerprint density at radius 3 is 1.68 bits per heavy atom. The van der Waals surface area contributed by atoms with Gasteiger partial charge in [-0.1, -0.05) is 24.3 Å². The van der Waals surface area contributed by atoms with Gasteiger partial charge in [0.15, 0.2) is 0 Å². The summed E-state index contributed by atoms with van der Waals surface area (Å²) >= 11 is 0. The van der Waals surface area contributed by atoms with E-state index in [0.29, 0.717) is 11.1 Å². The van der Waals surface area contributed by atoms with Crippen molar-refractivity contribution < 1.29 is 49.5 Å². The minimum atomic E-state index is -1.65. The first kappa shape index (κ1) is 32.5. The summed E-state index contributed by atoms with van der Waals surface area (Å²) in [6.45, 7) is 1.18. The number of benzene rings is 2. The Labute approximate surface area is 235 Å². The molecule has 5 unspecified atom stereocenters. The molecular weight excluding hydrogens is 540 g/mol. The predicted molar refractivity (Wildman–Crippen MR) is 144 cm³/mol. The summed E-state index contributed by atoms with van der Waals surface area (Å²) in [6.07, 6.45) is -2.53. The van der Waals surface area contributed by atoms with E-state index < -0.39 is 66.4 Å². The molecule has 0 saturated carbocycles. The minimum Gasteiger partial charge on any atom is -0.508 e. The summed E-state index contributed by atoms with van der Waals surface area (Å²) in [5.74, 6) is -5.49. The number of hydrogen-bond acceptors (Lipinski definition) is 9. The molecule has 0 aliphatic heterocycles. The second-order valence-corrected chi connectivity index (χ2v) is 9.47. The molecule has 0 heterocycles. The van der Waals surface area contributed by atoms with Crippen molar-refractivity contribution in [2.75, 3.05) is 0 Å². The zero-order valence-electron chi connectivity index (χ0n) is 22.2. The van der Waals surface area contributed by atoms with Crippen LogP contribution in [0.3, 0.4) is 0 Å². The number of aliphatic carboxylic acids is 2. The third-order valence-corrected chi connectivity index (χ3v) is 6.06. The molecule has 2 aromatic carbocycles. The molecule has 2 aromatic rings. The van der Waals surface area contributed by atoms with Gasteiger partial charge in [0.2, 0.25) is 17.7 Å². The molecule has 0 aliphatic carbocycles. The molecule has 2 rings (SSSR count). The SMILES string of the molecule is CC(O)C(NC(=O)C(CCC(=O)O)NC(=O)C(N)Cc1ccc(O)cc1)C(=O)NC(Cc1ccc(O)cc1)C(=O)O. The molecule has 14 nitrogen and oxygen atoms in total. The van der Waals surface area contributed by atoms with Gasteiger partial charge in [-0.25, -0.2) is 4.79 Å². The second kappa shape index (κ2) is 15.2. The summed E-state index contributed by atoms with van der Waals surface area (Å²) in [6, 6.07) is 5.83. The van der Waals surface area contributed by atoms with Crippen LogP contribution in [0.5, 0.6) is 11.5 Å². The number of phenolic OH excluding ortho intramolecular Hbond substituents is 2. The maximum absolute atomic E-state index is 13.1. The number of carboxylic acid groups (broad SMARTS) is 2. The summed E-state index contributed by atoms with van der Waals surface area (Å²) < 4.78 is 0. The Morgan fingerprint density at radius 2 is 1.22 bits per heavy atom. The standard InChI is InChI=1S/C27H34N4O10/c1-14(32)23(26(39)30-21(27(40)41)13-16-4-8-18(34)9-5-16)31-25(38)20(10-11-22(35)36)29-24(37)19(28)12-15-2-6-17(33)7-3-15/h2-9,14,19-21,23,32-34H,10-13,28H2,1H3,(H,29,37)(H,30,39)(H,31,38)(H,35,36)(H,40,41). The molecule has 3 amide bonds. The van der Waals surface area contributed by atoms with Crippen molar-refractivity contribution in [2.24, 2.45) is 5.73 Å². The van der Waals surface area contributed by atoms with E-state index in [-0.39, 0.29) is 30.8 Å². The highest BCUT2D eigenvalue weighted by atomic mass is 16.4. The van der Waals surface area contributed by atoms with E-state index in [1.54, 1.807) is 12.1 Å². The van der Waals surface area contributed by atoms with Gasteiger partial charge in [0, 0.05) is 12.8 Å². The van der Waals surface area contributed by atoms with Crippen molar-refractivity contribution in [3.05, 3.63) is 59.7 Å². The maximum atomic E-state index is 13.1. The maximum Gasteiger partial charge on any atom is 0.326 e. The van der Waals surface area contributed by atoms with E-state index in [0.717, 1.165) is 0 Å². The lowest BCUT2D eigenvalue weighted by Gasteiger charge is -2.26. The zero-order valence-corrected chi connectivity index (χ0v) is 22.2. The third-order valence-electron chi connectivity index (χ3n) is 6.06. The number of phenols is 2. The summed E-state index contributed by atoms with van der Waals surface area (Å²) in [4.78, 5) is 61.6. The zero-order chi connectivity index (χ0) is 30.7. The highest BCUT2D eigenvalue weighted by Gasteiger charge is 2.33. The van der Waals surface area contributed by atoms with Crippen LogP contribution in [0, 0.1) is 0 Å². The molecule has 41 heavy (non-hydrogen) atoms. The largest absolute Gasteiger partial charge is 0.508 e. The molecule has 222 valence electrons. The van der Waals surface area contributed by atoms with Crippen molar-refractivity contribution in [1.82, 2.24) is 16.0 Å². The van der Waals surface area contributed by atoms with Crippen LogP contribution in [0.25, 0.3) is 0 Å². The van der Waals surface area contributed by atoms with Crippen LogP contribution in [-0.2, 0) is 36.8 Å². The van der Waals surface area contributed by atoms with Gasteiger partial charge < -0.3 is 47.2 Å². The monoisotopic (exact) mass is 574 g/mol. The average Bonchev–Trinajstić information content (AvgIpc) is 2.90. The van der Waals surface area contributed by atoms with E-state index in [4.69, 9.17) is 10.8 Å². The van der Waals surface area contributed by atoms with Crippen molar-refractivity contribution in [1.29, 1.82) is 0 Å². The highest BCUT2D eigenvalue weighted by Crippen LogP contribution is 2.13. The molecule has 10 N–H and O–H groups in total. The molecular formula is C27H34N4O10. The minimum absolute atomic E-state index is 0.0175. The van der Waals surface area contributed by atoms with E-state index in [1.165, 1.54) is 43.3 Å². The number of aromatic hydroxyl groups is 2. The van der Waals surface area contributed by atoms with E-state index in [2.05, 4.69) is 16.0 Å². The predicted octanol–water partition coefficient (Wildman–Crippen LogP) is -1.01. The van der Waals surface area contributed by atoms with Gasteiger partial charge in [-0.2, -0.15) is 0 Å². The molecule has 0 bridgehead atoms. The van der Waals surface area contributed by atoms with E-state index in [9.17, 15) is 44.4 Å². The smallest absolute Gasteiger partial charge is 0.326 e. The number of carbonyl (C=O) groups excluding carboxylic acids is 3. The topological polar surface area (TPSA) is 249 Å². The summed E-state index contributed by atoms with van der Waals surface area (Å²) in [5, 5.41) is 54.5. The summed E-state index contributed by atoms with van der Waals surface area (Å²) in [7, 11) is 0. The number of rotatable bonds is 15. The Balaban J connectivity index is 2.12. The van der Waals surface area contributed by atoms with Gasteiger partial charge in [0.25, 0.3) is 0 Å². The number of aliphatic hydroxyl groups excluding tert-OH is 1. The lowest BCUT2D eigenvalue weighted by molar-refractivity contribution is -0.143. The molecule has 14 heteroatoms. The first-order chi connectivity index (χ1) is 19.3. The number of aliphatic hydroxyl groups is 1. The molecule has 0 aliphatic rings. The fourth-order valence-corrected chi connectivity index (χ4v) is 3.78. The quantitative estimate of drug-likeness (QED) is 0.125. The summed E-state index contributed by atoms with van der Waals surface area (Å²) in [5.41, 5.74) is 7.04. The van der Waals surface area contributed by atoms with Gasteiger partial charge >= 0.3 is 11.9 Å². The lowest BCUT2D eigenvalue weighted by Crippen LogP contribution is -2.60. The van der Waals surface area contributed by atoms with E-state index >= 15 is 0 Å². The van der Waals surface area contributed by atoms with Crippen LogP contribution in [0.15, 0.2) is 48.5 Å².